The Labute approximate surface area is 99.5 Å². The van der Waals surface area contributed by atoms with Crippen molar-refractivity contribution in [1.82, 2.24) is 0 Å². The van der Waals surface area contributed by atoms with E-state index in [2.05, 4.69) is 56.9 Å². The summed E-state index contributed by atoms with van der Waals surface area (Å²) in [7, 11) is 0. The molecule has 0 spiro atoms. The Morgan fingerprint density at radius 2 is 1.81 bits per heavy atom. The second-order valence-corrected chi connectivity index (χ2v) is 5.01. The van der Waals surface area contributed by atoms with Crippen molar-refractivity contribution in [1.29, 1.82) is 0 Å². The fraction of sp³-hybridized carbons (Fsp3) is 0.571. The Morgan fingerprint density at radius 1 is 1.19 bits per heavy atom. The first kappa shape index (κ1) is 13.0. The molecule has 0 amide bonds. The summed E-state index contributed by atoms with van der Waals surface area (Å²) < 4.78 is 0. The molecule has 0 bridgehead atoms. The molecule has 1 rings (SSSR count). The number of nitrogens with zero attached hydrogens (tertiary/aromatic N) is 1. The van der Waals surface area contributed by atoms with Gasteiger partial charge in [-0.3, -0.25) is 0 Å². The minimum Gasteiger partial charge on any atom is -0.372 e. The van der Waals surface area contributed by atoms with Crippen molar-refractivity contribution in [3.63, 3.8) is 0 Å². The maximum absolute atomic E-state index is 6.05. The van der Waals surface area contributed by atoms with Crippen LogP contribution in [0.2, 0.25) is 0 Å². The van der Waals surface area contributed by atoms with E-state index in [1.807, 2.05) is 0 Å². The van der Waals surface area contributed by atoms with Gasteiger partial charge in [0.1, 0.15) is 0 Å². The van der Waals surface area contributed by atoms with Crippen molar-refractivity contribution in [2.75, 3.05) is 18.0 Å². The first-order valence-electron chi connectivity index (χ1n) is 6.09. The molecule has 90 valence electrons. The van der Waals surface area contributed by atoms with E-state index in [9.17, 15) is 0 Å². The predicted octanol–water partition coefficient (Wildman–Crippen LogP) is 2.81. The molecular formula is C14H24N2. The maximum Gasteiger partial charge on any atom is 0.0368 e. The molecule has 0 saturated heterocycles. The van der Waals surface area contributed by atoms with Crippen molar-refractivity contribution in [2.45, 2.75) is 39.7 Å². The molecule has 0 unspecified atom stereocenters. The fourth-order valence-corrected chi connectivity index (χ4v) is 1.98. The van der Waals surface area contributed by atoms with E-state index in [4.69, 9.17) is 5.73 Å². The normalized spacial score (nSPS) is 11.6. The van der Waals surface area contributed by atoms with Crippen LogP contribution in [0.3, 0.4) is 0 Å². The monoisotopic (exact) mass is 220 g/mol. The topological polar surface area (TPSA) is 29.3 Å². The lowest BCUT2D eigenvalue weighted by Gasteiger charge is -2.23. The molecule has 2 N–H and O–H groups in total. The zero-order valence-corrected chi connectivity index (χ0v) is 11.0. The number of nitrogens with two attached hydrogens (primary N) is 1. The molecule has 0 aliphatic rings. The minimum atomic E-state index is -0.137. The van der Waals surface area contributed by atoms with E-state index in [-0.39, 0.29) is 5.54 Å². The van der Waals surface area contributed by atoms with Gasteiger partial charge in [-0.1, -0.05) is 12.1 Å². The average molecular weight is 220 g/mol. The third kappa shape index (κ3) is 3.86. The van der Waals surface area contributed by atoms with E-state index >= 15 is 0 Å². The molecule has 1 aromatic carbocycles. The van der Waals surface area contributed by atoms with Gasteiger partial charge in [-0.2, -0.15) is 0 Å². The van der Waals surface area contributed by atoms with Crippen LogP contribution in [-0.4, -0.2) is 18.6 Å². The second-order valence-electron chi connectivity index (χ2n) is 5.01. The number of hydrogen-bond donors (Lipinski definition) is 1. The highest BCUT2D eigenvalue weighted by Gasteiger charge is 2.12. The first-order chi connectivity index (χ1) is 7.46. The second kappa shape index (κ2) is 5.35. The van der Waals surface area contributed by atoms with E-state index in [0.717, 1.165) is 19.5 Å². The molecule has 1 aromatic rings. The lowest BCUT2D eigenvalue weighted by Crippen LogP contribution is -2.34. The third-order valence-electron chi connectivity index (χ3n) is 2.70. The van der Waals surface area contributed by atoms with Gasteiger partial charge in [-0.05, 0) is 51.8 Å². The van der Waals surface area contributed by atoms with Crippen molar-refractivity contribution in [2.24, 2.45) is 5.73 Å². The van der Waals surface area contributed by atoms with Crippen molar-refractivity contribution >= 4 is 5.69 Å². The van der Waals surface area contributed by atoms with Crippen LogP contribution in [0.1, 0.15) is 33.3 Å². The zero-order chi connectivity index (χ0) is 12.2. The molecule has 0 atom stereocenters. The van der Waals surface area contributed by atoms with Crippen molar-refractivity contribution in [3.8, 4) is 0 Å². The van der Waals surface area contributed by atoms with Crippen LogP contribution >= 0.6 is 0 Å². The van der Waals surface area contributed by atoms with E-state index in [0.29, 0.717) is 0 Å². The van der Waals surface area contributed by atoms with Gasteiger partial charge in [-0.15, -0.1) is 0 Å². The molecule has 0 radical (unpaired) electrons. The molecule has 0 fully saturated rings. The summed E-state index contributed by atoms with van der Waals surface area (Å²) >= 11 is 0. The van der Waals surface area contributed by atoms with E-state index < -0.39 is 0 Å². The first-order valence-corrected chi connectivity index (χ1v) is 6.09. The number of hydrogen-bond acceptors (Lipinski definition) is 2. The van der Waals surface area contributed by atoms with E-state index in [1.165, 1.54) is 11.3 Å². The summed E-state index contributed by atoms with van der Waals surface area (Å²) in [5.41, 5.74) is 8.52. The van der Waals surface area contributed by atoms with Crippen LogP contribution in [0.4, 0.5) is 5.69 Å². The predicted molar refractivity (Wildman–Crippen MR) is 72.0 cm³/mol. The van der Waals surface area contributed by atoms with Gasteiger partial charge in [0, 0.05) is 24.3 Å². The molecule has 16 heavy (non-hydrogen) atoms. The smallest absolute Gasteiger partial charge is 0.0368 e. The average Bonchev–Trinajstić information content (AvgIpc) is 2.17. The highest BCUT2D eigenvalue weighted by molar-refractivity contribution is 5.48. The molecule has 0 saturated carbocycles. The summed E-state index contributed by atoms with van der Waals surface area (Å²) in [6.45, 7) is 10.6. The molecule has 0 aliphatic heterocycles. The van der Waals surface area contributed by atoms with Crippen molar-refractivity contribution < 1.29 is 0 Å². The van der Waals surface area contributed by atoms with Gasteiger partial charge in [0.25, 0.3) is 0 Å². The maximum atomic E-state index is 6.05. The fourth-order valence-electron chi connectivity index (χ4n) is 1.98. The quantitative estimate of drug-likeness (QED) is 0.826. The van der Waals surface area contributed by atoms with Crippen LogP contribution in [0.15, 0.2) is 24.3 Å². The van der Waals surface area contributed by atoms with Crippen LogP contribution in [0, 0.1) is 0 Å². The SMILES string of the molecule is CCN(CC)c1cccc(CC(C)(C)N)c1. The Kier molecular flexibility index (Phi) is 4.36. The lowest BCUT2D eigenvalue weighted by molar-refractivity contribution is 0.517. The van der Waals surface area contributed by atoms with Crippen molar-refractivity contribution in [3.05, 3.63) is 29.8 Å². The Bertz CT molecular complexity index is 322. The summed E-state index contributed by atoms with van der Waals surface area (Å²) in [6.07, 6.45) is 0.919. The lowest BCUT2D eigenvalue weighted by atomic mass is 9.96. The number of rotatable bonds is 5. The summed E-state index contributed by atoms with van der Waals surface area (Å²) in [6, 6.07) is 8.69. The molecule has 0 aromatic heterocycles. The molecular weight excluding hydrogens is 196 g/mol. The van der Waals surface area contributed by atoms with Gasteiger partial charge in [0.05, 0.1) is 0 Å². The summed E-state index contributed by atoms with van der Waals surface area (Å²) in [5.74, 6) is 0. The minimum absolute atomic E-state index is 0.137. The van der Waals surface area contributed by atoms with Gasteiger partial charge in [0.15, 0.2) is 0 Å². The van der Waals surface area contributed by atoms with E-state index in [1.54, 1.807) is 0 Å². The largest absolute Gasteiger partial charge is 0.372 e. The molecule has 2 nitrogen and oxygen atoms in total. The number of benzene rings is 1. The highest BCUT2D eigenvalue weighted by Crippen LogP contribution is 2.18. The Hall–Kier alpha value is -1.02. The van der Waals surface area contributed by atoms with Crippen LogP contribution in [0.5, 0.6) is 0 Å². The molecule has 0 aliphatic carbocycles. The van der Waals surface area contributed by atoms with Gasteiger partial charge in [0.2, 0.25) is 0 Å². The van der Waals surface area contributed by atoms with Gasteiger partial charge < -0.3 is 10.6 Å². The molecule has 0 heterocycles. The Balaban J connectivity index is 2.86. The number of anilines is 1. The van der Waals surface area contributed by atoms with Gasteiger partial charge >= 0.3 is 0 Å². The third-order valence-corrected chi connectivity index (χ3v) is 2.70. The van der Waals surface area contributed by atoms with Gasteiger partial charge in [-0.25, -0.2) is 0 Å². The molecule has 2 heteroatoms. The van der Waals surface area contributed by atoms with Crippen LogP contribution in [-0.2, 0) is 6.42 Å². The summed E-state index contributed by atoms with van der Waals surface area (Å²) in [5, 5.41) is 0. The Morgan fingerprint density at radius 3 is 2.31 bits per heavy atom. The van der Waals surface area contributed by atoms with Crippen LogP contribution < -0.4 is 10.6 Å². The summed E-state index contributed by atoms with van der Waals surface area (Å²) in [4.78, 5) is 2.35. The standard InChI is InChI=1S/C14H24N2/c1-5-16(6-2)13-9-7-8-12(10-13)11-14(3,4)15/h7-10H,5-6,11,15H2,1-4H3. The highest BCUT2D eigenvalue weighted by atomic mass is 15.1. The zero-order valence-electron chi connectivity index (χ0n) is 11.0. The van der Waals surface area contributed by atoms with Crippen LogP contribution in [0.25, 0.3) is 0 Å².